The van der Waals surface area contributed by atoms with Crippen molar-refractivity contribution in [2.75, 3.05) is 17.2 Å². The van der Waals surface area contributed by atoms with Gasteiger partial charge in [0, 0.05) is 12.6 Å². The van der Waals surface area contributed by atoms with Crippen LogP contribution in [0.15, 0.2) is 6.07 Å². The van der Waals surface area contributed by atoms with Crippen LogP contribution in [-0.4, -0.2) is 27.8 Å². The number of nitrogens with zero attached hydrogens (tertiary/aromatic N) is 1. The molecule has 1 aromatic heterocycles. The zero-order chi connectivity index (χ0) is 15.6. The van der Waals surface area contributed by atoms with Crippen LogP contribution in [0.25, 0.3) is 0 Å². The van der Waals surface area contributed by atoms with Gasteiger partial charge in [0.2, 0.25) is 0 Å². The van der Waals surface area contributed by atoms with E-state index >= 15 is 0 Å². The van der Waals surface area contributed by atoms with Gasteiger partial charge < -0.3 is 15.7 Å². The lowest BCUT2D eigenvalue weighted by atomic mass is 9.86. The third kappa shape index (κ3) is 3.79. The third-order valence-electron chi connectivity index (χ3n) is 3.43. The number of rotatable bonds is 6. The van der Waals surface area contributed by atoms with E-state index < -0.39 is 22.8 Å². The summed E-state index contributed by atoms with van der Waals surface area (Å²) in [5.41, 5.74) is -1.94. The molecule has 0 fully saturated rings. The van der Waals surface area contributed by atoms with Crippen LogP contribution in [0.4, 0.5) is 20.4 Å². The summed E-state index contributed by atoms with van der Waals surface area (Å²) in [6, 6.07) is 0.785. The molecule has 1 aromatic rings. The van der Waals surface area contributed by atoms with Crippen molar-refractivity contribution >= 4 is 11.6 Å². The first-order valence-corrected chi connectivity index (χ1v) is 6.69. The zero-order valence-electron chi connectivity index (χ0n) is 12.6. The second kappa shape index (κ2) is 5.91. The first-order chi connectivity index (χ1) is 9.08. The Hall–Kier alpha value is -1.43. The molecule has 0 aliphatic carbocycles. The largest absolute Gasteiger partial charge is 0.388 e. The van der Waals surface area contributed by atoms with Crippen molar-refractivity contribution in [3.8, 4) is 0 Å². The summed E-state index contributed by atoms with van der Waals surface area (Å²) < 4.78 is 27.4. The minimum absolute atomic E-state index is 0.00213. The Morgan fingerprint density at radius 1 is 1.15 bits per heavy atom. The second-order valence-electron chi connectivity index (χ2n) is 5.89. The van der Waals surface area contributed by atoms with E-state index in [4.69, 9.17) is 0 Å². The molecule has 0 aromatic carbocycles. The molecular formula is C14H23F2N3O. The Morgan fingerprint density at radius 3 is 2.20 bits per heavy atom. The Labute approximate surface area is 118 Å². The van der Waals surface area contributed by atoms with Crippen LogP contribution in [0.5, 0.6) is 0 Å². The highest BCUT2D eigenvalue weighted by atomic mass is 19.1. The van der Waals surface area contributed by atoms with E-state index in [1.807, 2.05) is 6.92 Å². The topological polar surface area (TPSA) is 57.2 Å². The van der Waals surface area contributed by atoms with Gasteiger partial charge >= 0.3 is 0 Å². The monoisotopic (exact) mass is 287 g/mol. The molecule has 0 unspecified atom stereocenters. The van der Waals surface area contributed by atoms with Gasteiger partial charge in [0.25, 0.3) is 0 Å². The maximum atomic E-state index is 13.8. The van der Waals surface area contributed by atoms with E-state index in [9.17, 15) is 13.9 Å². The fraction of sp³-hybridized carbons (Fsp3) is 0.643. The van der Waals surface area contributed by atoms with Crippen molar-refractivity contribution in [2.24, 2.45) is 0 Å². The molecule has 0 saturated heterocycles. The van der Waals surface area contributed by atoms with Crippen LogP contribution >= 0.6 is 0 Å². The summed E-state index contributed by atoms with van der Waals surface area (Å²) in [5, 5.41) is 15.7. The van der Waals surface area contributed by atoms with E-state index in [1.165, 1.54) is 0 Å². The molecule has 1 heterocycles. The van der Waals surface area contributed by atoms with E-state index in [1.54, 1.807) is 27.7 Å². The second-order valence-corrected chi connectivity index (χ2v) is 5.89. The fourth-order valence-corrected chi connectivity index (χ4v) is 1.37. The van der Waals surface area contributed by atoms with Crippen LogP contribution in [0.3, 0.4) is 0 Å². The highest BCUT2D eigenvalue weighted by molar-refractivity contribution is 5.49. The molecule has 0 saturated carbocycles. The van der Waals surface area contributed by atoms with E-state index in [0.29, 0.717) is 6.54 Å². The molecule has 1 rings (SSSR count). The van der Waals surface area contributed by atoms with Crippen molar-refractivity contribution in [2.45, 2.75) is 52.2 Å². The van der Waals surface area contributed by atoms with Gasteiger partial charge in [-0.2, -0.15) is 0 Å². The van der Waals surface area contributed by atoms with Crippen molar-refractivity contribution in [3.05, 3.63) is 17.7 Å². The summed E-state index contributed by atoms with van der Waals surface area (Å²) in [5.74, 6) is -1.61. The molecule has 3 N–H and O–H groups in total. The van der Waals surface area contributed by atoms with Gasteiger partial charge in [-0.15, -0.1) is 0 Å². The lowest BCUT2D eigenvalue weighted by Crippen LogP contribution is -2.51. The van der Waals surface area contributed by atoms with E-state index in [0.717, 1.165) is 12.5 Å². The van der Waals surface area contributed by atoms with Gasteiger partial charge in [-0.3, -0.25) is 0 Å². The van der Waals surface area contributed by atoms with Gasteiger partial charge in [0.15, 0.2) is 23.3 Å². The Kier molecular flexibility index (Phi) is 4.91. The SMILES string of the molecule is CCCNc1nc(NC(C)(C)C(C)(C)O)c(F)cc1F. The Balaban J connectivity index is 3.06. The van der Waals surface area contributed by atoms with Crippen LogP contribution in [0.1, 0.15) is 41.0 Å². The molecule has 6 heteroatoms. The van der Waals surface area contributed by atoms with Crippen LogP contribution in [-0.2, 0) is 0 Å². The number of hydrogen-bond donors (Lipinski definition) is 3. The van der Waals surface area contributed by atoms with Gasteiger partial charge in [0.05, 0.1) is 11.1 Å². The predicted molar refractivity (Wildman–Crippen MR) is 76.9 cm³/mol. The smallest absolute Gasteiger partial charge is 0.168 e. The molecule has 0 radical (unpaired) electrons. The van der Waals surface area contributed by atoms with E-state index in [2.05, 4.69) is 15.6 Å². The van der Waals surface area contributed by atoms with Gasteiger partial charge in [-0.25, -0.2) is 13.8 Å². The van der Waals surface area contributed by atoms with E-state index in [-0.39, 0.29) is 11.6 Å². The first-order valence-electron chi connectivity index (χ1n) is 6.69. The standard InChI is InChI=1S/C14H23F2N3O/c1-6-7-17-11-9(15)8-10(16)12(18-11)19-13(2,3)14(4,5)20/h8,20H,6-7H2,1-5H3,(H2,17,18,19). The molecule has 20 heavy (non-hydrogen) atoms. The van der Waals surface area contributed by atoms with Crippen molar-refractivity contribution < 1.29 is 13.9 Å². The number of pyridine rings is 1. The number of hydrogen-bond acceptors (Lipinski definition) is 4. The molecule has 0 atom stereocenters. The molecule has 114 valence electrons. The highest BCUT2D eigenvalue weighted by Gasteiger charge is 2.36. The van der Waals surface area contributed by atoms with Crippen LogP contribution < -0.4 is 10.6 Å². The molecular weight excluding hydrogens is 264 g/mol. The molecule has 0 spiro atoms. The summed E-state index contributed by atoms with van der Waals surface area (Å²) in [6.45, 7) is 9.14. The van der Waals surface area contributed by atoms with Gasteiger partial charge in [-0.05, 0) is 34.1 Å². The quantitative estimate of drug-likeness (QED) is 0.752. The van der Waals surface area contributed by atoms with Crippen LogP contribution in [0, 0.1) is 11.6 Å². The van der Waals surface area contributed by atoms with Gasteiger partial charge in [0.1, 0.15) is 0 Å². The number of nitrogens with one attached hydrogen (secondary N) is 2. The average Bonchev–Trinajstić information content (AvgIpc) is 2.29. The fourth-order valence-electron chi connectivity index (χ4n) is 1.37. The minimum atomic E-state index is -1.10. The normalized spacial score (nSPS) is 12.4. The summed E-state index contributed by atoms with van der Waals surface area (Å²) >= 11 is 0. The van der Waals surface area contributed by atoms with Gasteiger partial charge in [-0.1, -0.05) is 6.92 Å². The number of aliphatic hydroxyl groups is 1. The highest BCUT2D eigenvalue weighted by Crippen LogP contribution is 2.28. The number of halogens is 2. The Morgan fingerprint density at radius 2 is 1.70 bits per heavy atom. The molecule has 0 bridgehead atoms. The number of aromatic nitrogens is 1. The zero-order valence-corrected chi connectivity index (χ0v) is 12.6. The van der Waals surface area contributed by atoms with Crippen molar-refractivity contribution in [3.63, 3.8) is 0 Å². The summed E-state index contributed by atoms with van der Waals surface area (Å²) in [7, 11) is 0. The summed E-state index contributed by atoms with van der Waals surface area (Å²) in [6.07, 6.45) is 0.802. The molecule has 0 amide bonds. The third-order valence-corrected chi connectivity index (χ3v) is 3.43. The molecule has 0 aliphatic rings. The summed E-state index contributed by atoms with van der Waals surface area (Å²) in [4.78, 5) is 3.92. The predicted octanol–water partition coefficient (Wildman–Crippen LogP) is 3.14. The maximum absolute atomic E-state index is 13.8. The number of anilines is 2. The Bertz CT molecular complexity index is 470. The molecule has 4 nitrogen and oxygen atoms in total. The molecule has 0 aliphatic heterocycles. The lowest BCUT2D eigenvalue weighted by molar-refractivity contribution is 0.0237. The lowest BCUT2D eigenvalue weighted by Gasteiger charge is -2.38. The maximum Gasteiger partial charge on any atom is 0.168 e. The van der Waals surface area contributed by atoms with Crippen LogP contribution in [0.2, 0.25) is 0 Å². The average molecular weight is 287 g/mol. The minimum Gasteiger partial charge on any atom is -0.388 e. The first kappa shape index (κ1) is 16.6. The van der Waals surface area contributed by atoms with Crippen molar-refractivity contribution in [1.82, 2.24) is 4.98 Å². The van der Waals surface area contributed by atoms with Crippen molar-refractivity contribution in [1.29, 1.82) is 0 Å².